The van der Waals surface area contributed by atoms with Crippen molar-refractivity contribution in [1.82, 2.24) is 10.3 Å². The Balaban J connectivity index is 2.39. The van der Waals surface area contributed by atoms with Gasteiger partial charge in [0.15, 0.2) is 0 Å². The van der Waals surface area contributed by atoms with Gasteiger partial charge in [0.05, 0.1) is 5.69 Å². The normalized spacial score (nSPS) is 11.0. The quantitative estimate of drug-likeness (QED) is 0.857. The van der Waals surface area contributed by atoms with Crippen molar-refractivity contribution in [2.75, 3.05) is 6.54 Å². The van der Waals surface area contributed by atoms with Crippen LogP contribution in [0.5, 0.6) is 0 Å². The van der Waals surface area contributed by atoms with Crippen molar-refractivity contribution in [1.29, 1.82) is 0 Å². The number of nitrogens with zero attached hydrogens (tertiary/aromatic N) is 1. The van der Waals surface area contributed by atoms with Gasteiger partial charge in [0.25, 0.3) is 0 Å². The molecule has 0 atom stereocenters. The van der Waals surface area contributed by atoms with Gasteiger partial charge >= 0.3 is 0 Å². The number of halogens is 1. The van der Waals surface area contributed by atoms with E-state index >= 15 is 0 Å². The second-order valence-electron chi connectivity index (χ2n) is 4.86. The van der Waals surface area contributed by atoms with Gasteiger partial charge in [-0.2, -0.15) is 0 Å². The first-order valence-corrected chi connectivity index (χ1v) is 7.93. The van der Waals surface area contributed by atoms with Gasteiger partial charge in [-0.05, 0) is 31.5 Å². The smallest absolute Gasteiger partial charge is 0.136 e. The lowest BCUT2D eigenvalue weighted by molar-refractivity contribution is 0.622. The molecule has 0 saturated carbocycles. The molecule has 0 radical (unpaired) electrons. The first-order chi connectivity index (χ1) is 9.67. The average molecular weight is 292 g/mol. The number of hydrogen-bond donors (Lipinski definition) is 1. The highest BCUT2D eigenvalue weighted by Gasteiger charge is 2.15. The van der Waals surface area contributed by atoms with E-state index in [9.17, 15) is 4.39 Å². The summed E-state index contributed by atoms with van der Waals surface area (Å²) >= 11 is 1.60. The van der Waals surface area contributed by atoms with Crippen LogP contribution in [0.4, 0.5) is 4.39 Å². The average Bonchev–Trinajstić information content (AvgIpc) is 2.83. The molecule has 0 aliphatic heterocycles. The van der Waals surface area contributed by atoms with E-state index in [1.807, 2.05) is 12.1 Å². The summed E-state index contributed by atoms with van der Waals surface area (Å²) in [6.45, 7) is 7.76. The van der Waals surface area contributed by atoms with E-state index in [0.29, 0.717) is 11.1 Å². The summed E-state index contributed by atoms with van der Waals surface area (Å²) in [5.74, 6) is -0.153. The molecule has 108 valence electrons. The van der Waals surface area contributed by atoms with Crippen molar-refractivity contribution in [2.24, 2.45) is 0 Å². The third kappa shape index (κ3) is 3.25. The summed E-state index contributed by atoms with van der Waals surface area (Å²) in [4.78, 5) is 5.89. The number of nitrogens with one attached hydrogen (secondary N) is 1. The SMILES string of the molecule is CCCc1nc(-c2cccc(C)c2F)sc1CNCC. The predicted molar refractivity (Wildman–Crippen MR) is 83.6 cm³/mol. The number of aryl methyl sites for hydroxylation is 2. The Morgan fingerprint density at radius 1 is 1.30 bits per heavy atom. The van der Waals surface area contributed by atoms with E-state index in [0.717, 1.165) is 36.6 Å². The van der Waals surface area contributed by atoms with Crippen LogP contribution in [-0.4, -0.2) is 11.5 Å². The third-order valence-corrected chi connectivity index (χ3v) is 4.35. The van der Waals surface area contributed by atoms with Gasteiger partial charge in [0, 0.05) is 17.0 Å². The molecule has 0 aliphatic rings. The number of rotatable bonds is 6. The summed E-state index contributed by atoms with van der Waals surface area (Å²) in [5.41, 5.74) is 2.40. The van der Waals surface area contributed by atoms with Crippen molar-refractivity contribution >= 4 is 11.3 Å². The first kappa shape index (κ1) is 15.1. The lowest BCUT2D eigenvalue weighted by Crippen LogP contribution is -2.11. The van der Waals surface area contributed by atoms with Gasteiger partial charge in [0.1, 0.15) is 10.8 Å². The van der Waals surface area contributed by atoms with Gasteiger partial charge < -0.3 is 5.32 Å². The van der Waals surface area contributed by atoms with Crippen LogP contribution in [0.25, 0.3) is 10.6 Å². The van der Waals surface area contributed by atoms with Crippen LogP contribution >= 0.6 is 11.3 Å². The molecule has 0 spiro atoms. The fourth-order valence-corrected chi connectivity index (χ4v) is 3.22. The van der Waals surface area contributed by atoms with E-state index in [1.165, 1.54) is 4.88 Å². The zero-order valence-electron chi connectivity index (χ0n) is 12.3. The maximum absolute atomic E-state index is 14.2. The Labute approximate surface area is 124 Å². The molecule has 1 heterocycles. The van der Waals surface area contributed by atoms with Gasteiger partial charge in [-0.3, -0.25) is 0 Å². The first-order valence-electron chi connectivity index (χ1n) is 7.12. The van der Waals surface area contributed by atoms with E-state index in [4.69, 9.17) is 0 Å². The van der Waals surface area contributed by atoms with Crippen LogP contribution in [0.2, 0.25) is 0 Å². The molecule has 2 nitrogen and oxygen atoms in total. The van der Waals surface area contributed by atoms with Crippen molar-refractivity contribution < 1.29 is 4.39 Å². The second-order valence-corrected chi connectivity index (χ2v) is 5.94. The van der Waals surface area contributed by atoms with Crippen LogP contribution in [0, 0.1) is 12.7 Å². The van der Waals surface area contributed by atoms with Gasteiger partial charge in [-0.1, -0.05) is 32.4 Å². The summed E-state index contributed by atoms with van der Waals surface area (Å²) in [6, 6.07) is 5.49. The molecule has 1 N–H and O–H groups in total. The Morgan fingerprint density at radius 2 is 2.10 bits per heavy atom. The van der Waals surface area contributed by atoms with Crippen molar-refractivity contribution in [2.45, 2.75) is 40.2 Å². The highest BCUT2D eigenvalue weighted by molar-refractivity contribution is 7.15. The maximum Gasteiger partial charge on any atom is 0.136 e. The molecule has 2 rings (SSSR count). The molecule has 0 bridgehead atoms. The lowest BCUT2D eigenvalue weighted by atomic mass is 10.1. The fourth-order valence-electron chi connectivity index (χ4n) is 2.12. The molecule has 0 unspecified atom stereocenters. The minimum Gasteiger partial charge on any atom is -0.312 e. The van der Waals surface area contributed by atoms with E-state index < -0.39 is 0 Å². The van der Waals surface area contributed by atoms with Gasteiger partial charge in [-0.15, -0.1) is 11.3 Å². The van der Waals surface area contributed by atoms with Crippen molar-refractivity contribution in [3.8, 4) is 10.6 Å². The molecule has 1 aromatic heterocycles. The summed E-state index contributed by atoms with van der Waals surface area (Å²) < 4.78 is 14.2. The Kier molecular flexibility index (Phi) is 5.26. The second kappa shape index (κ2) is 6.95. The maximum atomic E-state index is 14.2. The van der Waals surface area contributed by atoms with Gasteiger partial charge in [0.2, 0.25) is 0 Å². The van der Waals surface area contributed by atoms with Crippen LogP contribution in [0.3, 0.4) is 0 Å². The van der Waals surface area contributed by atoms with E-state index in [2.05, 4.69) is 24.1 Å². The summed E-state index contributed by atoms with van der Waals surface area (Å²) in [7, 11) is 0. The number of aromatic nitrogens is 1. The highest BCUT2D eigenvalue weighted by atomic mass is 32.1. The highest BCUT2D eigenvalue weighted by Crippen LogP contribution is 2.31. The summed E-state index contributed by atoms with van der Waals surface area (Å²) in [5, 5.41) is 4.12. The zero-order valence-corrected chi connectivity index (χ0v) is 13.1. The Morgan fingerprint density at radius 3 is 2.80 bits per heavy atom. The zero-order chi connectivity index (χ0) is 14.5. The van der Waals surface area contributed by atoms with Crippen LogP contribution in [0.15, 0.2) is 18.2 Å². The van der Waals surface area contributed by atoms with Gasteiger partial charge in [-0.25, -0.2) is 9.37 Å². The molecule has 0 fully saturated rings. The van der Waals surface area contributed by atoms with Crippen LogP contribution in [-0.2, 0) is 13.0 Å². The minimum atomic E-state index is -0.153. The third-order valence-electron chi connectivity index (χ3n) is 3.22. The summed E-state index contributed by atoms with van der Waals surface area (Å²) in [6.07, 6.45) is 2.00. The fraction of sp³-hybridized carbons (Fsp3) is 0.438. The Hall–Kier alpha value is -1.26. The van der Waals surface area contributed by atoms with E-state index in [1.54, 1.807) is 24.3 Å². The molecule has 20 heavy (non-hydrogen) atoms. The molecular weight excluding hydrogens is 271 g/mol. The monoisotopic (exact) mass is 292 g/mol. The van der Waals surface area contributed by atoms with Crippen molar-refractivity contribution in [3.05, 3.63) is 40.2 Å². The lowest BCUT2D eigenvalue weighted by Gasteiger charge is -2.01. The largest absolute Gasteiger partial charge is 0.312 e. The standard InChI is InChI=1S/C16H21FN2S/c1-4-7-13-14(10-18-5-2)20-16(19-13)12-9-6-8-11(3)15(12)17/h6,8-9,18H,4-5,7,10H2,1-3H3. The molecule has 0 saturated heterocycles. The topological polar surface area (TPSA) is 24.9 Å². The van der Waals surface area contributed by atoms with E-state index in [-0.39, 0.29) is 5.82 Å². The molecule has 4 heteroatoms. The predicted octanol–water partition coefficient (Wildman–Crippen LogP) is 4.32. The molecular formula is C16H21FN2S. The number of benzene rings is 1. The minimum absolute atomic E-state index is 0.153. The molecule has 0 amide bonds. The number of hydrogen-bond acceptors (Lipinski definition) is 3. The molecule has 1 aromatic carbocycles. The van der Waals surface area contributed by atoms with Crippen molar-refractivity contribution in [3.63, 3.8) is 0 Å². The van der Waals surface area contributed by atoms with Crippen LogP contribution < -0.4 is 5.32 Å². The van der Waals surface area contributed by atoms with Crippen LogP contribution in [0.1, 0.15) is 36.4 Å². The molecule has 0 aliphatic carbocycles. The molecule has 2 aromatic rings. The number of thiazole rings is 1. The Bertz CT molecular complexity index is 578.